The van der Waals surface area contributed by atoms with Gasteiger partial charge in [-0.3, -0.25) is 0 Å². The number of ether oxygens (including phenoxy) is 1. The van der Waals surface area contributed by atoms with Crippen LogP contribution in [0, 0.1) is 0 Å². The predicted octanol–water partition coefficient (Wildman–Crippen LogP) is 5.72. The maximum absolute atomic E-state index is 6.58. The van der Waals surface area contributed by atoms with Crippen LogP contribution in [0.4, 0.5) is 0 Å². The van der Waals surface area contributed by atoms with Crippen LogP contribution < -0.4 is 5.73 Å². The number of nitrogens with two attached hydrogens (primary N) is 1. The number of rotatable bonds is 5. The third-order valence-corrected chi connectivity index (χ3v) is 6.44. The van der Waals surface area contributed by atoms with Gasteiger partial charge in [-0.15, -0.1) is 0 Å². The molecule has 0 bridgehead atoms. The van der Waals surface area contributed by atoms with Crippen LogP contribution in [-0.4, -0.2) is 17.7 Å². The molecule has 0 saturated carbocycles. The number of para-hydroxylation sites is 1. The molecule has 1 saturated heterocycles. The maximum Gasteiger partial charge on any atom is 0.0684 e. The molecule has 0 radical (unpaired) electrons. The Kier molecular flexibility index (Phi) is 5.39. The summed E-state index contributed by atoms with van der Waals surface area (Å²) in [6.45, 7) is 1.26. The largest absolute Gasteiger partial charge is 0.377 e. The van der Waals surface area contributed by atoms with Crippen LogP contribution in [-0.2, 0) is 11.3 Å². The minimum absolute atomic E-state index is 0.178. The van der Waals surface area contributed by atoms with Gasteiger partial charge in [-0.1, -0.05) is 78.9 Å². The van der Waals surface area contributed by atoms with Gasteiger partial charge in [0.25, 0.3) is 0 Å². The van der Waals surface area contributed by atoms with Crippen LogP contribution in [0.2, 0.25) is 0 Å². The number of nitrogens with one attached hydrogen (secondary N) is 1. The molecule has 2 atom stereocenters. The number of hydrogen-bond donors (Lipinski definition) is 2. The lowest BCUT2D eigenvalue weighted by Crippen LogP contribution is -2.31. The van der Waals surface area contributed by atoms with E-state index in [4.69, 9.17) is 10.5 Å². The van der Waals surface area contributed by atoms with Gasteiger partial charge in [0.05, 0.1) is 12.7 Å². The first-order valence-electron chi connectivity index (χ1n) is 10.9. The second kappa shape index (κ2) is 8.47. The van der Waals surface area contributed by atoms with Crippen LogP contribution >= 0.6 is 0 Å². The van der Waals surface area contributed by atoms with Crippen LogP contribution in [0.15, 0.2) is 84.9 Å². The van der Waals surface area contributed by atoms with Crippen molar-refractivity contribution in [3.05, 3.63) is 107 Å². The highest BCUT2D eigenvalue weighted by atomic mass is 16.5. The number of H-pyrrole nitrogens is 1. The summed E-state index contributed by atoms with van der Waals surface area (Å²) in [6.07, 6.45) is 2.32. The van der Waals surface area contributed by atoms with Crippen molar-refractivity contribution in [3.63, 3.8) is 0 Å². The summed E-state index contributed by atoms with van der Waals surface area (Å²) in [5.74, 6) is 0.633. The Labute approximate surface area is 177 Å². The van der Waals surface area contributed by atoms with Crippen molar-refractivity contribution in [1.29, 1.82) is 0 Å². The molecule has 1 fully saturated rings. The van der Waals surface area contributed by atoms with Crippen molar-refractivity contribution in [3.8, 4) is 0 Å². The minimum atomic E-state index is 0.178. The van der Waals surface area contributed by atoms with E-state index in [1.165, 1.54) is 27.6 Å². The third kappa shape index (κ3) is 3.55. The Hall–Kier alpha value is -2.88. The second-order valence-corrected chi connectivity index (χ2v) is 8.21. The van der Waals surface area contributed by atoms with E-state index in [2.05, 4.69) is 89.9 Å². The van der Waals surface area contributed by atoms with E-state index in [0.717, 1.165) is 25.1 Å². The Morgan fingerprint density at radius 2 is 1.47 bits per heavy atom. The van der Waals surface area contributed by atoms with E-state index in [0.29, 0.717) is 12.5 Å². The zero-order valence-electron chi connectivity index (χ0n) is 17.1. The van der Waals surface area contributed by atoms with E-state index in [1.807, 2.05) is 0 Å². The lowest BCUT2D eigenvalue weighted by Gasteiger charge is -2.35. The first-order chi connectivity index (χ1) is 14.8. The van der Waals surface area contributed by atoms with Gasteiger partial charge in [0.1, 0.15) is 0 Å². The molecular formula is C27H28N2O. The normalized spacial score (nSPS) is 19.4. The molecule has 5 rings (SSSR count). The lowest BCUT2D eigenvalue weighted by atomic mass is 9.80. The number of aromatic nitrogens is 1. The van der Waals surface area contributed by atoms with Crippen molar-refractivity contribution in [2.45, 2.75) is 37.3 Å². The average molecular weight is 397 g/mol. The van der Waals surface area contributed by atoms with Crippen LogP contribution in [0.25, 0.3) is 10.9 Å². The highest BCUT2D eigenvalue weighted by Gasteiger charge is 2.32. The molecule has 3 aromatic carbocycles. The zero-order chi connectivity index (χ0) is 20.3. The Morgan fingerprint density at radius 1 is 0.833 bits per heavy atom. The van der Waals surface area contributed by atoms with Crippen molar-refractivity contribution in [2.75, 3.05) is 6.61 Å². The van der Waals surface area contributed by atoms with Crippen LogP contribution in [0.1, 0.15) is 47.1 Å². The maximum atomic E-state index is 6.58. The summed E-state index contributed by atoms with van der Waals surface area (Å²) >= 11 is 0. The number of benzene rings is 3. The first-order valence-corrected chi connectivity index (χ1v) is 10.9. The molecule has 0 spiro atoms. The molecule has 3 N–H and O–H groups in total. The SMILES string of the molecule is NCc1[nH]c2ccccc2c1[C@@H]1CC[C@H](C(c2ccccc2)c2ccccc2)OC1. The monoisotopic (exact) mass is 396 g/mol. The summed E-state index contributed by atoms with van der Waals surface area (Å²) in [4.78, 5) is 3.52. The first kappa shape index (κ1) is 19.1. The topological polar surface area (TPSA) is 51.0 Å². The van der Waals surface area contributed by atoms with Gasteiger partial charge >= 0.3 is 0 Å². The molecule has 1 aliphatic heterocycles. The van der Waals surface area contributed by atoms with Gasteiger partial charge in [-0.25, -0.2) is 0 Å². The lowest BCUT2D eigenvalue weighted by molar-refractivity contribution is -0.00530. The van der Waals surface area contributed by atoms with E-state index in [-0.39, 0.29) is 12.0 Å². The summed E-state index contributed by atoms with van der Waals surface area (Å²) < 4.78 is 6.58. The molecule has 3 heteroatoms. The smallest absolute Gasteiger partial charge is 0.0684 e. The number of aromatic amines is 1. The molecule has 3 nitrogen and oxygen atoms in total. The van der Waals surface area contributed by atoms with Crippen molar-refractivity contribution in [2.24, 2.45) is 5.73 Å². The standard InChI is InChI=1S/C27H28N2O/c28-17-24-27(22-13-7-8-14-23(22)29-24)21-15-16-25(30-18-21)26(19-9-3-1-4-10-19)20-11-5-2-6-12-20/h1-14,21,25-26,29H,15-18,28H2/t21-,25-/m1/s1. The van der Waals surface area contributed by atoms with Gasteiger partial charge < -0.3 is 15.5 Å². The van der Waals surface area contributed by atoms with E-state index in [9.17, 15) is 0 Å². The molecule has 30 heavy (non-hydrogen) atoms. The molecule has 0 unspecified atom stereocenters. The minimum Gasteiger partial charge on any atom is -0.377 e. The summed E-state index contributed by atoms with van der Waals surface area (Å²) in [5, 5.41) is 1.28. The Morgan fingerprint density at radius 3 is 2.07 bits per heavy atom. The Balaban J connectivity index is 1.42. The number of hydrogen-bond acceptors (Lipinski definition) is 2. The van der Waals surface area contributed by atoms with Crippen molar-refractivity contribution in [1.82, 2.24) is 4.98 Å². The molecule has 1 aliphatic rings. The fourth-order valence-corrected chi connectivity index (χ4v) is 5.05. The Bertz CT molecular complexity index is 1060. The predicted molar refractivity (Wildman–Crippen MR) is 123 cm³/mol. The summed E-state index contributed by atoms with van der Waals surface area (Å²) in [6, 6.07) is 30.0. The van der Waals surface area contributed by atoms with E-state index in [1.54, 1.807) is 0 Å². The van der Waals surface area contributed by atoms with Gasteiger partial charge in [0, 0.05) is 35.0 Å². The van der Waals surface area contributed by atoms with Gasteiger partial charge in [-0.05, 0) is 35.6 Å². The summed E-state index contributed by atoms with van der Waals surface area (Å²) in [7, 11) is 0. The highest BCUT2D eigenvalue weighted by Crippen LogP contribution is 2.40. The molecule has 2 heterocycles. The fourth-order valence-electron chi connectivity index (χ4n) is 5.05. The molecule has 0 amide bonds. The third-order valence-electron chi connectivity index (χ3n) is 6.44. The average Bonchev–Trinajstić information content (AvgIpc) is 3.20. The second-order valence-electron chi connectivity index (χ2n) is 8.21. The van der Waals surface area contributed by atoms with Crippen LogP contribution in [0.3, 0.4) is 0 Å². The van der Waals surface area contributed by atoms with Crippen molar-refractivity contribution < 1.29 is 4.74 Å². The molecule has 4 aromatic rings. The zero-order valence-corrected chi connectivity index (χ0v) is 17.1. The summed E-state index contributed by atoms with van der Waals surface area (Å²) in [5.41, 5.74) is 12.4. The van der Waals surface area contributed by atoms with E-state index >= 15 is 0 Å². The molecule has 1 aromatic heterocycles. The van der Waals surface area contributed by atoms with E-state index < -0.39 is 0 Å². The van der Waals surface area contributed by atoms with Crippen molar-refractivity contribution >= 4 is 10.9 Å². The molecular weight excluding hydrogens is 368 g/mol. The number of fused-ring (bicyclic) bond motifs is 1. The highest BCUT2D eigenvalue weighted by molar-refractivity contribution is 5.85. The fraction of sp³-hybridized carbons (Fsp3) is 0.259. The quantitative estimate of drug-likeness (QED) is 0.453. The molecule has 152 valence electrons. The molecule has 0 aliphatic carbocycles. The van der Waals surface area contributed by atoms with Gasteiger partial charge in [0.15, 0.2) is 0 Å². The van der Waals surface area contributed by atoms with Gasteiger partial charge in [-0.2, -0.15) is 0 Å². The van der Waals surface area contributed by atoms with Gasteiger partial charge in [0.2, 0.25) is 0 Å². The van der Waals surface area contributed by atoms with Crippen LogP contribution in [0.5, 0.6) is 0 Å².